The molecule has 0 aliphatic rings. The van der Waals surface area contributed by atoms with Gasteiger partial charge >= 0.3 is 6.36 Å². The van der Waals surface area contributed by atoms with Gasteiger partial charge in [0, 0.05) is 17.3 Å². The van der Waals surface area contributed by atoms with Crippen LogP contribution in [0.4, 0.5) is 18.9 Å². The Kier molecular flexibility index (Phi) is 5.74. The molecule has 0 radical (unpaired) electrons. The summed E-state index contributed by atoms with van der Waals surface area (Å²) in [5, 5.41) is 2.51. The zero-order valence-electron chi connectivity index (χ0n) is 13.5. The molecule has 8 heteroatoms. The number of rotatable bonds is 6. The number of nitrogens with one attached hydrogen (secondary N) is 1. The molecule has 0 bridgehead atoms. The molecule has 134 valence electrons. The van der Waals surface area contributed by atoms with E-state index in [0.29, 0.717) is 18.1 Å². The van der Waals surface area contributed by atoms with Crippen molar-refractivity contribution < 1.29 is 32.2 Å². The molecule has 2 aromatic rings. The maximum absolute atomic E-state index is 12.3. The molecule has 25 heavy (non-hydrogen) atoms. The van der Waals surface area contributed by atoms with Gasteiger partial charge in [-0.3, -0.25) is 4.79 Å². The van der Waals surface area contributed by atoms with E-state index in [-0.39, 0.29) is 11.3 Å². The van der Waals surface area contributed by atoms with Gasteiger partial charge in [0.05, 0.1) is 13.7 Å². The molecule has 2 aromatic carbocycles. The Morgan fingerprint density at radius 1 is 1.12 bits per heavy atom. The van der Waals surface area contributed by atoms with E-state index in [0.717, 1.165) is 12.1 Å². The van der Waals surface area contributed by atoms with Gasteiger partial charge < -0.3 is 19.5 Å². The smallest absolute Gasteiger partial charge is 0.493 e. The third-order valence-electron chi connectivity index (χ3n) is 3.05. The van der Waals surface area contributed by atoms with E-state index in [4.69, 9.17) is 9.47 Å². The van der Waals surface area contributed by atoms with E-state index in [1.165, 1.54) is 31.4 Å². The summed E-state index contributed by atoms with van der Waals surface area (Å²) in [6.45, 7) is 2.18. The van der Waals surface area contributed by atoms with Crippen LogP contribution in [0.2, 0.25) is 0 Å². The van der Waals surface area contributed by atoms with Crippen LogP contribution in [0.15, 0.2) is 42.5 Å². The molecule has 0 spiro atoms. The highest BCUT2D eigenvalue weighted by molar-refractivity contribution is 6.04. The number of carbonyl (C=O) groups is 1. The predicted molar refractivity (Wildman–Crippen MR) is 85.2 cm³/mol. The highest BCUT2D eigenvalue weighted by atomic mass is 19.4. The summed E-state index contributed by atoms with van der Waals surface area (Å²) in [5.74, 6) is -0.0615. The molecule has 1 N–H and O–H groups in total. The minimum Gasteiger partial charge on any atom is -0.493 e. The third-order valence-corrected chi connectivity index (χ3v) is 3.05. The van der Waals surface area contributed by atoms with E-state index >= 15 is 0 Å². The summed E-state index contributed by atoms with van der Waals surface area (Å²) >= 11 is 0. The lowest BCUT2D eigenvalue weighted by molar-refractivity contribution is -0.274. The Balaban J connectivity index is 2.17. The zero-order chi connectivity index (χ0) is 18.4. The molecular formula is C17H16F3NO4. The number of hydrogen-bond donors (Lipinski definition) is 1. The Labute approximate surface area is 142 Å². The summed E-state index contributed by atoms with van der Waals surface area (Å²) < 4.78 is 51.1. The van der Waals surface area contributed by atoms with Crippen molar-refractivity contribution in [1.29, 1.82) is 0 Å². The van der Waals surface area contributed by atoms with Crippen molar-refractivity contribution >= 4 is 11.6 Å². The highest BCUT2D eigenvalue weighted by Gasteiger charge is 2.31. The average Bonchev–Trinajstić information content (AvgIpc) is 2.53. The molecule has 0 atom stereocenters. The summed E-state index contributed by atoms with van der Waals surface area (Å²) in [7, 11) is 1.48. The van der Waals surface area contributed by atoms with Crippen LogP contribution in [0, 0.1) is 0 Å². The fourth-order valence-electron chi connectivity index (χ4n) is 2.06. The van der Waals surface area contributed by atoms with Crippen LogP contribution in [0.1, 0.15) is 17.3 Å². The molecule has 0 saturated carbocycles. The second-order valence-electron chi connectivity index (χ2n) is 4.83. The minimum absolute atomic E-state index is 0.167. The standard InChI is InChI=1S/C17H16F3NO4/c1-3-24-15-9-11(7-8-14(15)23-2)16(22)21-12-5-4-6-13(10-12)25-17(18,19)20/h4-10H,3H2,1-2H3,(H,21,22). The van der Waals surface area contributed by atoms with Crippen molar-refractivity contribution in [2.24, 2.45) is 0 Å². The van der Waals surface area contributed by atoms with Crippen molar-refractivity contribution in [3.8, 4) is 17.2 Å². The SMILES string of the molecule is CCOc1cc(C(=O)Nc2cccc(OC(F)(F)F)c2)ccc1OC. The summed E-state index contributed by atoms with van der Waals surface area (Å²) in [6.07, 6.45) is -4.80. The first kappa shape index (κ1) is 18.4. The van der Waals surface area contributed by atoms with Gasteiger partial charge in [-0.15, -0.1) is 13.2 Å². The first-order chi connectivity index (χ1) is 11.8. The average molecular weight is 355 g/mol. The molecule has 0 aromatic heterocycles. The number of alkyl halides is 3. The summed E-state index contributed by atoms with van der Waals surface area (Å²) in [6, 6.07) is 9.61. The van der Waals surface area contributed by atoms with Crippen LogP contribution in [-0.4, -0.2) is 26.0 Å². The molecule has 0 aliphatic carbocycles. The van der Waals surface area contributed by atoms with Gasteiger partial charge in [0.15, 0.2) is 11.5 Å². The Bertz CT molecular complexity index is 747. The molecule has 1 amide bonds. The molecule has 5 nitrogen and oxygen atoms in total. The van der Waals surface area contributed by atoms with Crippen molar-refractivity contribution in [2.75, 3.05) is 19.0 Å². The lowest BCUT2D eigenvalue weighted by atomic mass is 10.1. The second-order valence-corrected chi connectivity index (χ2v) is 4.83. The minimum atomic E-state index is -4.80. The largest absolute Gasteiger partial charge is 0.573 e. The Morgan fingerprint density at radius 3 is 2.52 bits per heavy atom. The Morgan fingerprint density at radius 2 is 1.88 bits per heavy atom. The quantitative estimate of drug-likeness (QED) is 0.842. The first-order valence-electron chi connectivity index (χ1n) is 7.30. The number of ether oxygens (including phenoxy) is 3. The van der Waals surface area contributed by atoms with Gasteiger partial charge in [0.25, 0.3) is 5.91 Å². The second kappa shape index (κ2) is 7.78. The Hall–Kier alpha value is -2.90. The number of hydrogen-bond acceptors (Lipinski definition) is 4. The number of benzene rings is 2. The van der Waals surface area contributed by atoms with Gasteiger partial charge in [-0.2, -0.15) is 0 Å². The zero-order valence-corrected chi connectivity index (χ0v) is 13.5. The predicted octanol–water partition coefficient (Wildman–Crippen LogP) is 4.24. The number of amides is 1. The summed E-state index contributed by atoms with van der Waals surface area (Å²) in [5.41, 5.74) is 0.437. The van der Waals surface area contributed by atoms with Gasteiger partial charge in [-0.1, -0.05) is 6.07 Å². The van der Waals surface area contributed by atoms with Crippen LogP contribution in [0.3, 0.4) is 0 Å². The number of methoxy groups -OCH3 is 1. The molecule has 0 fully saturated rings. The third kappa shape index (κ3) is 5.30. The molecule has 0 aliphatic heterocycles. The fraction of sp³-hybridized carbons (Fsp3) is 0.235. The van der Waals surface area contributed by atoms with E-state index in [9.17, 15) is 18.0 Å². The normalized spacial score (nSPS) is 10.9. The van der Waals surface area contributed by atoms with Gasteiger partial charge in [0.1, 0.15) is 5.75 Å². The molecule has 0 unspecified atom stereocenters. The van der Waals surface area contributed by atoms with Crippen molar-refractivity contribution in [1.82, 2.24) is 0 Å². The lowest BCUT2D eigenvalue weighted by Gasteiger charge is -2.12. The van der Waals surface area contributed by atoms with Crippen molar-refractivity contribution in [3.63, 3.8) is 0 Å². The number of halogens is 3. The van der Waals surface area contributed by atoms with Crippen LogP contribution in [0.5, 0.6) is 17.2 Å². The van der Waals surface area contributed by atoms with E-state index in [2.05, 4.69) is 10.1 Å². The molecule has 0 heterocycles. The van der Waals surface area contributed by atoms with Crippen molar-refractivity contribution in [3.05, 3.63) is 48.0 Å². The highest BCUT2D eigenvalue weighted by Crippen LogP contribution is 2.29. The van der Waals surface area contributed by atoms with Crippen LogP contribution in [0.25, 0.3) is 0 Å². The van der Waals surface area contributed by atoms with Crippen LogP contribution in [-0.2, 0) is 0 Å². The maximum Gasteiger partial charge on any atom is 0.573 e. The summed E-state index contributed by atoms with van der Waals surface area (Å²) in [4.78, 5) is 12.3. The van der Waals surface area contributed by atoms with E-state index < -0.39 is 18.0 Å². The monoisotopic (exact) mass is 355 g/mol. The van der Waals surface area contributed by atoms with Crippen LogP contribution < -0.4 is 19.5 Å². The maximum atomic E-state index is 12.3. The van der Waals surface area contributed by atoms with E-state index in [1.807, 2.05) is 0 Å². The molecule has 0 saturated heterocycles. The first-order valence-corrected chi connectivity index (χ1v) is 7.30. The lowest BCUT2D eigenvalue weighted by Crippen LogP contribution is -2.17. The van der Waals surface area contributed by atoms with Gasteiger partial charge in [-0.05, 0) is 37.3 Å². The van der Waals surface area contributed by atoms with Crippen LogP contribution >= 0.6 is 0 Å². The topological polar surface area (TPSA) is 56.8 Å². The fourth-order valence-corrected chi connectivity index (χ4v) is 2.06. The molecule has 2 rings (SSSR count). The van der Waals surface area contributed by atoms with E-state index in [1.54, 1.807) is 13.0 Å². The number of carbonyl (C=O) groups excluding carboxylic acids is 1. The molecular weight excluding hydrogens is 339 g/mol. The van der Waals surface area contributed by atoms with Gasteiger partial charge in [-0.25, -0.2) is 0 Å². The van der Waals surface area contributed by atoms with Gasteiger partial charge in [0.2, 0.25) is 0 Å². The number of anilines is 1. The van der Waals surface area contributed by atoms with Crippen molar-refractivity contribution in [2.45, 2.75) is 13.3 Å².